The minimum atomic E-state index is -0.171. The molecule has 0 aliphatic heterocycles. The number of aliphatic hydroxyl groups is 1. The van der Waals surface area contributed by atoms with Crippen molar-refractivity contribution in [2.24, 2.45) is 0 Å². The van der Waals surface area contributed by atoms with E-state index in [9.17, 15) is 5.11 Å². The van der Waals surface area contributed by atoms with Crippen LogP contribution in [0.1, 0.15) is 31.2 Å². The molecule has 2 N–H and O–H groups in total. The minimum absolute atomic E-state index is 0.171. The summed E-state index contributed by atoms with van der Waals surface area (Å²) in [6.45, 7) is 0.790. The molecule has 1 aromatic rings. The van der Waals surface area contributed by atoms with Crippen molar-refractivity contribution in [3.8, 4) is 0 Å². The topological polar surface area (TPSA) is 45.4 Å². The maximum atomic E-state index is 9.71. The molecule has 3 nitrogen and oxygen atoms in total. The Morgan fingerprint density at radius 2 is 2.29 bits per heavy atom. The van der Waals surface area contributed by atoms with Crippen LogP contribution in [0.25, 0.3) is 0 Å². The van der Waals surface area contributed by atoms with Crippen molar-refractivity contribution >= 4 is 0 Å². The first-order valence-corrected chi connectivity index (χ1v) is 5.29. The molecule has 14 heavy (non-hydrogen) atoms. The van der Waals surface area contributed by atoms with Gasteiger partial charge in [0.15, 0.2) is 0 Å². The molecule has 0 aromatic carbocycles. The van der Waals surface area contributed by atoms with Crippen LogP contribution in [0.4, 0.5) is 0 Å². The molecule has 2 unspecified atom stereocenters. The van der Waals surface area contributed by atoms with Crippen LogP contribution in [-0.2, 0) is 6.54 Å². The molecule has 0 amide bonds. The normalized spacial score (nSPS) is 27.8. The standard InChI is InChI=1S/C11H17NO2/c13-11-4-2-1-3-10(11)12-7-9-5-6-14-8-9/h5-6,8,10-13H,1-4,7H2. The van der Waals surface area contributed by atoms with Gasteiger partial charge in [-0.3, -0.25) is 0 Å². The first-order valence-electron chi connectivity index (χ1n) is 5.29. The van der Waals surface area contributed by atoms with Crippen molar-refractivity contribution in [1.82, 2.24) is 5.32 Å². The Bertz CT molecular complexity index is 258. The largest absolute Gasteiger partial charge is 0.472 e. The lowest BCUT2D eigenvalue weighted by molar-refractivity contribution is 0.0902. The van der Waals surface area contributed by atoms with Crippen LogP contribution in [-0.4, -0.2) is 17.3 Å². The molecule has 2 atom stereocenters. The fourth-order valence-corrected chi connectivity index (χ4v) is 1.99. The monoisotopic (exact) mass is 195 g/mol. The van der Waals surface area contributed by atoms with Gasteiger partial charge in [-0.1, -0.05) is 12.8 Å². The van der Waals surface area contributed by atoms with Crippen LogP contribution in [0, 0.1) is 0 Å². The molecule has 0 bridgehead atoms. The maximum absolute atomic E-state index is 9.71. The fraction of sp³-hybridized carbons (Fsp3) is 0.636. The Labute approximate surface area is 84.1 Å². The summed E-state index contributed by atoms with van der Waals surface area (Å²) in [5, 5.41) is 13.1. The molecule has 1 aromatic heterocycles. The Hall–Kier alpha value is -0.800. The van der Waals surface area contributed by atoms with Crippen molar-refractivity contribution in [2.45, 2.75) is 44.4 Å². The molecule has 1 heterocycles. The van der Waals surface area contributed by atoms with E-state index in [2.05, 4.69) is 5.32 Å². The molecule has 0 radical (unpaired) electrons. The summed E-state index contributed by atoms with van der Waals surface area (Å²) in [6.07, 6.45) is 7.64. The zero-order valence-corrected chi connectivity index (χ0v) is 8.28. The van der Waals surface area contributed by atoms with Crippen LogP contribution >= 0.6 is 0 Å². The molecule has 78 valence electrons. The Morgan fingerprint density at radius 1 is 1.43 bits per heavy atom. The molecule has 1 aliphatic carbocycles. The number of rotatable bonds is 3. The van der Waals surface area contributed by atoms with Crippen molar-refractivity contribution in [1.29, 1.82) is 0 Å². The van der Waals surface area contributed by atoms with Crippen molar-refractivity contribution in [2.75, 3.05) is 0 Å². The molecule has 1 fully saturated rings. The predicted molar refractivity (Wildman–Crippen MR) is 53.8 cm³/mol. The van der Waals surface area contributed by atoms with E-state index in [4.69, 9.17) is 4.42 Å². The third kappa shape index (κ3) is 2.36. The van der Waals surface area contributed by atoms with Crippen LogP contribution in [0.15, 0.2) is 23.0 Å². The van der Waals surface area contributed by atoms with E-state index in [1.807, 2.05) is 6.07 Å². The van der Waals surface area contributed by atoms with Gasteiger partial charge in [-0.2, -0.15) is 0 Å². The van der Waals surface area contributed by atoms with Crippen molar-refractivity contribution < 1.29 is 9.52 Å². The van der Waals surface area contributed by atoms with E-state index in [-0.39, 0.29) is 12.1 Å². The van der Waals surface area contributed by atoms with E-state index in [0.717, 1.165) is 31.4 Å². The first-order chi connectivity index (χ1) is 6.86. The van der Waals surface area contributed by atoms with Gasteiger partial charge in [0.1, 0.15) is 0 Å². The van der Waals surface area contributed by atoms with Gasteiger partial charge < -0.3 is 14.8 Å². The summed E-state index contributed by atoms with van der Waals surface area (Å²) in [6, 6.07) is 2.21. The minimum Gasteiger partial charge on any atom is -0.472 e. The highest BCUT2D eigenvalue weighted by Gasteiger charge is 2.21. The molecule has 1 aliphatic rings. The first kappa shape index (κ1) is 9.74. The molecule has 2 rings (SSSR count). The van der Waals surface area contributed by atoms with Crippen molar-refractivity contribution in [3.05, 3.63) is 24.2 Å². The summed E-state index contributed by atoms with van der Waals surface area (Å²) >= 11 is 0. The summed E-state index contributed by atoms with van der Waals surface area (Å²) in [7, 11) is 0. The average Bonchev–Trinajstić information content (AvgIpc) is 2.69. The molecule has 3 heteroatoms. The number of hydrogen-bond acceptors (Lipinski definition) is 3. The second kappa shape index (κ2) is 4.62. The molecular weight excluding hydrogens is 178 g/mol. The zero-order valence-electron chi connectivity index (χ0n) is 8.28. The number of nitrogens with one attached hydrogen (secondary N) is 1. The fourth-order valence-electron chi connectivity index (χ4n) is 1.99. The highest BCUT2D eigenvalue weighted by Crippen LogP contribution is 2.18. The summed E-state index contributed by atoms with van der Waals surface area (Å²) in [5.74, 6) is 0. The van der Waals surface area contributed by atoms with Gasteiger partial charge in [0.25, 0.3) is 0 Å². The van der Waals surface area contributed by atoms with Crippen LogP contribution in [0.5, 0.6) is 0 Å². The van der Waals surface area contributed by atoms with Gasteiger partial charge in [0.2, 0.25) is 0 Å². The van der Waals surface area contributed by atoms with Crippen molar-refractivity contribution in [3.63, 3.8) is 0 Å². The van der Waals surface area contributed by atoms with E-state index >= 15 is 0 Å². The van der Waals surface area contributed by atoms with Gasteiger partial charge in [-0.05, 0) is 18.9 Å². The highest BCUT2D eigenvalue weighted by atomic mass is 16.3. The van der Waals surface area contributed by atoms with Gasteiger partial charge in [-0.25, -0.2) is 0 Å². The number of hydrogen-bond donors (Lipinski definition) is 2. The predicted octanol–water partition coefficient (Wildman–Crippen LogP) is 1.67. The molecule has 0 saturated heterocycles. The quantitative estimate of drug-likeness (QED) is 0.771. The van der Waals surface area contributed by atoms with Gasteiger partial charge in [0, 0.05) is 18.2 Å². The highest BCUT2D eigenvalue weighted by molar-refractivity contribution is 5.05. The third-order valence-corrected chi connectivity index (χ3v) is 2.88. The smallest absolute Gasteiger partial charge is 0.0947 e. The molecule has 0 spiro atoms. The van der Waals surface area contributed by atoms with Crippen LogP contribution in [0.2, 0.25) is 0 Å². The van der Waals surface area contributed by atoms with Gasteiger partial charge in [0.05, 0.1) is 18.6 Å². The van der Waals surface area contributed by atoms with E-state index < -0.39 is 0 Å². The van der Waals surface area contributed by atoms with Gasteiger partial charge in [-0.15, -0.1) is 0 Å². The lowest BCUT2D eigenvalue weighted by Gasteiger charge is -2.28. The second-order valence-corrected chi connectivity index (χ2v) is 3.97. The van der Waals surface area contributed by atoms with Gasteiger partial charge >= 0.3 is 0 Å². The van der Waals surface area contributed by atoms with Crippen LogP contribution in [0.3, 0.4) is 0 Å². The Kier molecular flexibility index (Phi) is 3.22. The lowest BCUT2D eigenvalue weighted by atomic mass is 9.92. The Balaban J connectivity index is 1.79. The number of aliphatic hydroxyl groups excluding tert-OH is 1. The SMILES string of the molecule is OC1CCCCC1NCc1ccoc1. The third-order valence-electron chi connectivity index (χ3n) is 2.88. The van der Waals surface area contributed by atoms with Crippen LogP contribution < -0.4 is 5.32 Å². The molecule has 1 saturated carbocycles. The van der Waals surface area contributed by atoms with E-state index in [0.29, 0.717) is 0 Å². The summed E-state index contributed by atoms with van der Waals surface area (Å²) in [5.41, 5.74) is 1.14. The molecular formula is C11H17NO2. The second-order valence-electron chi connectivity index (χ2n) is 3.97. The zero-order chi connectivity index (χ0) is 9.80. The summed E-state index contributed by atoms with van der Waals surface area (Å²) < 4.78 is 4.98. The average molecular weight is 195 g/mol. The van der Waals surface area contributed by atoms with E-state index in [1.54, 1.807) is 12.5 Å². The van der Waals surface area contributed by atoms with E-state index in [1.165, 1.54) is 6.42 Å². The Morgan fingerprint density at radius 3 is 3.00 bits per heavy atom. The number of furan rings is 1. The summed E-state index contributed by atoms with van der Waals surface area (Å²) in [4.78, 5) is 0. The maximum Gasteiger partial charge on any atom is 0.0947 e. The lowest BCUT2D eigenvalue weighted by Crippen LogP contribution is -2.41.